The van der Waals surface area contributed by atoms with Crippen LogP contribution < -0.4 is 14.8 Å². The fourth-order valence-corrected chi connectivity index (χ4v) is 3.51. The number of thiophene rings is 1. The van der Waals surface area contributed by atoms with Crippen molar-refractivity contribution in [1.29, 1.82) is 0 Å². The molecule has 8 nitrogen and oxygen atoms in total. The van der Waals surface area contributed by atoms with Crippen LogP contribution in [0.25, 0.3) is 0 Å². The van der Waals surface area contributed by atoms with Crippen molar-refractivity contribution in [3.05, 3.63) is 22.0 Å². The van der Waals surface area contributed by atoms with Gasteiger partial charge in [-0.2, -0.15) is 4.98 Å². The highest BCUT2D eigenvalue weighted by atomic mass is 32.1. The molecular formula is C15H17N3O5S. The summed E-state index contributed by atoms with van der Waals surface area (Å²) >= 11 is 1.31. The van der Waals surface area contributed by atoms with Gasteiger partial charge in [0.05, 0.1) is 0 Å². The lowest BCUT2D eigenvalue weighted by Crippen LogP contribution is -2.26. The van der Waals surface area contributed by atoms with E-state index in [-0.39, 0.29) is 12.0 Å². The molecule has 2 aromatic rings. The molecule has 0 saturated carbocycles. The van der Waals surface area contributed by atoms with Gasteiger partial charge in [0.1, 0.15) is 24.2 Å². The maximum atomic E-state index is 12.3. The van der Waals surface area contributed by atoms with E-state index in [1.54, 1.807) is 5.38 Å². The molecule has 24 heavy (non-hydrogen) atoms. The number of nitrogens with one attached hydrogen (secondary N) is 1. The van der Waals surface area contributed by atoms with Crippen molar-refractivity contribution >= 4 is 17.2 Å². The Morgan fingerprint density at radius 1 is 1.33 bits per heavy atom. The van der Waals surface area contributed by atoms with Gasteiger partial charge in [0.15, 0.2) is 17.3 Å². The molecule has 1 fully saturated rings. The first-order valence-electron chi connectivity index (χ1n) is 7.90. The van der Waals surface area contributed by atoms with Crippen LogP contribution in [-0.2, 0) is 11.2 Å². The number of nitrogens with zero attached hydrogens (tertiary/aromatic N) is 2. The summed E-state index contributed by atoms with van der Waals surface area (Å²) in [7, 11) is 0. The van der Waals surface area contributed by atoms with Crippen molar-refractivity contribution in [2.75, 3.05) is 26.4 Å². The number of fused-ring (bicyclic) bond motifs is 1. The van der Waals surface area contributed by atoms with Crippen molar-refractivity contribution in [3.8, 4) is 11.5 Å². The van der Waals surface area contributed by atoms with Gasteiger partial charge in [-0.3, -0.25) is 4.79 Å². The van der Waals surface area contributed by atoms with Crippen LogP contribution in [-0.4, -0.2) is 42.4 Å². The van der Waals surface area contributed by atoms with Crippen LogP contribution in [0.4, 0.5) is 0 Å². The largest absolute Gasteiger partial charge is 0.485 e. The normalized spacial score (nSPS) is 19.4. The summed E-state index contributed by atoms with van der Waals surface area (Å²) in [5.74, 6) is 2.06. The molecule has 0 radical (unpaired) electrons. The number of carbonyl (C=O) groups excluding carboxylic acids is 1. The summed E-state index contributed by atoms with van der Waals surface area (Å²) in [6.07, 6.45) is 2.32. The molecule has 2 aromatic heterocycles. The van der Waals surface area contributed by atoms with Crippen LogP contribution in [0.15, 0.2) is 9.90 Å². The Morgan fingerprint density at radius 3 is 3.12 bits per heavy atom. The van der Waals surface area contributed by atoms with Crippen LogP contribution in [0, 0.1) is 0 Å². The molecule has 2 aliphatic rings. The molecule has 128 valence electrons. The summed E-state index contributed by atoms with van der Waals surface area (Å²) in [4.78, 5) is 17.1. The van der Waals surface area contributed by atoms with Crippen molar-refractivity contribution in [2.45, 2.75) is 25.4 Å². The first-order valence-corrected chi connectivity index (χ1v) is 8.78. The van der Waals surface area contributed by atoms with Crippen LogP contribution in [0.2, 0.25) is 0 Å². The van der Waals surface area contributed by atoms with Gasteiger partial charge in [-0.05, 0) is 12.8 Å². The molecule has 4 rings (SSSR count). The molecule has 0 spiro atoms. The molecule has 1 atom stereocenters. The number of hydrogen-bond acceptors (Lipinski definition) is 8. The van der Waals surface area contributed by atoms with Gasteiger partial charge < -0.3 is 24.1 Å². The van der Waals surface area contributed by atoms with Crippen LogP contribution in [0.3, 0.4) is 0 Å². The Kier molecular flexibility index (Phi) is 4.35. The zero-order valence-corrected chi connectivity index (χ0v) is 13.8. The van der Waals surface area contributed by atoms with Gasteiger partial charge in [0.25, 0.3) is 11.8 Å². The summed E-state index contributed by atoms with van der Waals surface area (Å²) < 4.78 is 21.7. The van der Waals surface area contributed by atoms with E-state index < -0.39 is 0 Å². The van der Waals surface area contributed by atoms with E-state index in [9.17, 15) is 4.79 Å². The average molecular weight is 351 g/mol. The van der Waals surface area contributed by atoms with Gasteiger partial charge in [-0.1, -0.05) is 5.16 Å². The Bertz CT molecular complexity index is 723. The molecule has 0 aromatic carbocycles. The molecule has 1 unspecified atom stereocenters. The minimum absolute atomic E-state index is 0.0874. The second-order valence-electron chi connectivity index (χ2n) is 5.51. The molecule has 1 saturated heterocycles. The van der Waals surface area contributed by atoms with E-state index in [2.05, 4.69) is 15.5 Å². The van der Waals surface area contributed by atoms with Gasteiger partial charge in [0, 0.05) is 25.0 Å². The molecule has 0 bridgehead atoms. The lowest BCUT2D eigenvalue weighted by molar-refractivity contribution is 0.0835. The quantitative estimate of drug-likeness (QED) is 0.876. The minimum Gasteiger partial charge on any atom is -0.485 e. The van der Waals surface area contributed by atoms with Crippen molar-refractivity contribution in [1.82, 2.24) is 15.5 Å². The monoisotopic (exact) mass is 351 g/mol. The zero-order chi connectivity index (χ0) is 16.4. The average Bonchev–Trinajstić information content (AvgIpc) is 3.34. The molecular weight excluding hydrogens is 334 g/mol. The lowest BCUT2D eigenvalue weighted by Gasteiger charge is -2.15. The first-order chi connectivity index (χ1) is 11.8. The maximum absolute atomic E-state index is 12.3. The zero-order valence-electron chi connectivity index (χ0n) is 12.9. The van der Waals surface area contributed by atoms with E-state index in [4.69, 9.17) is 18.7 Å². The molecule has 1 amide bonds. The molecule has 1 N–H and O–H groups in total. The standard InChI is InChI=1S/C15H17N3O5S/c19-14(13-12-10(8-24-13)21-6-7-22-12)16-4-3-11-17-15(23-18-11)9-2-1-5-20-9/h8-9H,1-7H2,(H,16,19). The molecule has 0 aliphatic carbocycles. The smallest absolute Gasteiger partial charge is 0.265 e. The minimum atomic E-state index is -0.186. The molecule has 4 heterocycles. The number of ether oxygens (including phenoxy) is 3. The highest BCUT2D eigenvalue weighted by Gasteiger charge is 2.25. The third kappa shape index (κ3) is 3.09. The molecule has 9 heteroatoms. The molecule has 2 aliphatic heterocycles. The fraction of sp³-hybridized carbons (Fsp3) is 0.533. The van der Waals surface area contributed by atoms with E-state index in [1.165, 1.54) is 11.3 Å². The Hall–Kier alpha value is -2.13. The van der Waals surface area contributed by atoms with Crippen molar-refractivity contribution in [2.24, 2.45) is 0 Å². The van der Waals surface area contributed by atoms with Crippen LogP contribution in [0.5, 0.6) is 11.5 Å². The predicted molar refractivity (Wildman–Crippen MR) is 83.6 cm³/mol. The van der Waals surface area contributed by atoms with Gasteiger partial charge in [-0.25, -0.2) is 0 Å². The lowest BCUT2D eigenvalue weighted by atomic mass is 10.2. The van der Waals surface area contributed by atoms with E-state index >= 15 is 0 Å². The van der Waals surface area contributed by atoms with Crippen LogP contribution >= 0.6 is 11.3 Å². The van der Waals surface area contributed by atoms with Gasteiger partial charge in [-0.15, -0.1) is 11.3 Å². The summed E-state index contributed by atoms with van der Waals surface area (Å²) in [5, 5.41) is 8.56. The fourth-order valence-electron chi connectivity index (χ4n) is 2.66. The number of aromatic nitrogens is 2. The van der Waals surface area contributed by atoms with Crippen molar-refractivity contribution < 1.29 is 23.5 Å². The Labute approximate surface area is 142 Å². The number of rotatable bonds is 5. The van der Waals surface area contributed by atoms with E-state index in [0.29, 0.717) is 54.3 Å². The van der Waals surface area contributed by atoms with E-state index in [0.717, 1.165) is 19.4 Å². The Balaban J connectivity index is 1.31. The SMILES string of the molecule is O=C(NCCc1noc(C2CCCO2)n1)c1scc2c1OCCO2. The second-order valence-corrected chi connectivity index (χ2v) is 6.39. The maximum Gasteiger partial charge on any atom is 0.265 e. The van der Waals surface area contributed by atoms with Crippen molar-refractivity contribution in [3.63, 3.8) is 0 Å². The number of carbonyl (C=O) groups is 1. The summed E-state index contributed by atoms with van der Waals surface area (Å²) in [6.45, 7) is 2.11. The van der Waals surface area contributed by atoms with Gasteiger partial charge >= 0.3 is 0 Å². The number of hydrogen-bond donors (Lipinski definition) is 1. The summed E-state index contributed by atoms with van der Waals surface area (Å²) in [5.41, 5.74) is 0. The first kappa shape index (κ1) is 15.4. The second kappa shape index (κ2) is 6.78. The number of amides is 1. The highest BCUT2D eigenvalue weighted by Crippen LogP contribution is 2.39. The topological polar surface area (TPSA) is 95.7 Å². The Morgan fingerprint density at radius 2 is 2.25 bits per heavy atom. The summed E-state index contributed by atoms with van der Waals surface area (Å²) in [6, 6.07) is 0. The van der Waals surface area contributed by atoms with E-state index in [1.807, 2.05) is 0 Å². The highest BCUT2D eigenvalue weighted by molar-refractivity contribution is 7.12. The van der Waals surface area contributed by atoms with Crippen LogP contribution in [0.1, 0.15) is 40.3 Å². The van der Waals surface area contributed by atoms with Gasteiger partial charge in [0.2, 0.25) is 0 Å². The third-order valence-electron chi connectivity index (χ3n) is 3.83. The predicted octanol–water partition coefficient (Wildman–Crippen LogP) is 1.73. The third-order valence-corrected chi connectivity index (χ3v) is 4.77.